The Morgan fingerprint density at radius 3 is 1.92 bits per heavy atom. The smallest absolute Gasteiger partial charge is 0.269 e. The summed E-state index contributed by atoms with van der Waals surface area (Å²) < 4.78 is 0. The van der Waals surface area contributed by atoms with Crippen molar-refractivity contribution >= 4 is 5.69 Å². The summed E-state index contributed by atoms with van der Waals surface area (Å²) >= 11 is 0. The molecule has 0 unspecified atom stereocenters. The molecule has 0 aliphatic heterocycles. The molecule has 0 bridgehead atoms. The Labute approximate surface area is 134 Å². The van der Waals surface area contributed by atoms with Gasteiger partial charge in [0.2, 0.25) is 0 Å². The Morgan fingerprint density at radius 1 is 0.958 bits per heavy atom. The second-order valence-corrected chi connectivity index (χ2v) is 5.52. The molecule has 24 heavy (non-hydrogen) atoms. The molecule has 1 aromatic carbocycles. The van der Waals surface area contributed by atoms with E-state index in [4.69, 9.17) is 0 Å². The van der Waals surface area contributed by atoms with Crippen LogP contribution in [0.4, 0.5) is 5.69 Å². The van der Waals surface area contributed by atoms with Crippen LogP contribution in [-0.4, -0.2) is 25.3 Å². The first-order valence-corrected chi connectivity index (χ1v) is 7.18. The monoisotopic (exact) mass is 329 g/mol. The van der Waals surface area contributed by atoms with Gasteiger partial charge in [0, 0.05) is 29.4 Å². The van der Waals surface area contributed by atoms with E-state index in [1.54, 1.807) is 19.9 Å². The van der Waals surface area contributed by atoms with Crippen LogP contribution in [0.3, 0.4) is 0 Å². The van der Waals surface area contributed by atoms with E-state index in [2.05, 4.69) is 20.4 Å². The molecule has 0 atom stereocenters. The maximum atomic E-state index is 12.2. The third kappa shape index (κ3) is 2.45. The maximum Gasteiger partial charge on any atom is 0.269 e. The third-order valence-corrected chi connectivity index (χ3v) is 4.02. The van der Waals surface area contributed by atoms with E-state index in [-0.39, 0.29) is 16.8 Å². The van der Waals surface area contributed by atoms with Crippen LogP contribution in [-0.2, 0) is 0 Å². The highest BCUT2D eigenvalue weighted by Gasteiger charge is 2.28. The minimum absolute atomic E-state index is 0.105. The molecular formula is C15H15N5O4. The quantitative estimate of drug-likeness (QED) is 0.424. The number of nitrogens with zero attached hydrogens (tertiary/aromatic N) is 1. The van der Waals surface area contributed by atoms with Crippen molar-refractivity contribution in [1.29, 1.82) is 0 Å². The van der Waals surface area contributed by atoms with Crippen molar-refractivity contribution in [2.75, 3.05) is 0 Å². The molecule has 9 nitrogen and oxygen atoms in total. The van der Waals surface area contributed by atoms with Crippen LogP contribution in [0, 0.1) is 24.0 Å². The molecule has 0 amide bonds. The summed E-state index contributed by atoms with van der Waals surface area (Å²) in [4.78, 5) is 35.1. The highest BCUT2D eigenvalue weighted by molar-refractivity contribution is 5.47. The Morgan fingerprint density at radius 2 is 1.50 bits per heavy atom. The summed E-state index contributed by atoms with van der Waals surface area (Å²) in [5, 5.41) is 21.5. The van der Waals surface area contributed by atoms with Crippen LogP contribution in [0.25, 0.3) is 0 Å². The molecule has 9 heteroatoms. The highest BCUT2D eigenvalue weighted by atomic mass is 16.6. The summed E-state index contributed by atoms with van der Waals surface area (Å²) in [5.41, 5.74) is 1.48. The van der Waals surface area contributed by atoms with E-state index >= 15 is 0 Å². The first kappa shape index (κ1) is 15.5. The van der Waals surface area contributed by atoms with Crippen LogP contribution in [0.5, 0.6) is 0 Å². The molecule has 0 saturated heterocycles. The predicted molar refractivity (Wildman–Crippen MR) is 86.3 cm³/mol. The Balaban J connectivity index is 2.32. The van der Waals surface area contributed by atoms with Crippen LogP contribution >= 0.6 is 0 Å². The lowest BCUT2D eigenvalue weighted by Gasteiger charge is -2.15. The molecule has 124 valence electrons. The van der Waals surface area contributed by atoms with Crippen molar-refractivity contribution in [2.24, 2.45) is 0 Å². The van der Waals surface area contributed by atoms with Gasteiger partial charge in [-0.2, -0.15) is 0 Å². The van der Waals surface area contributed by atoms with Gasteiger partial charge in [-0.1, -0.05) is 12.1 Å². The van der Waals surface area contributed by atoms with Crippen LogP contribution in [0.2, 0.25) is 0 Å². The molecule has 0 aliphatic carbocycles. The lowest BCUT2D eigenvalue weighted by atomic mass is 9.85. The molecule has 0 aliphatic rings. The van der Waals surface area contributed by atoms with Gasteiger partial charge in [0.25, 0.3) is 16.8 Å². The summed E-state index contributed by atoms with van der Waals surface area (Å²) in [6.45, 7) is 3.40. The second-order valence-electron chi connectivity index (χ2n) is 5.52. The van der Waals surface area contributed by atoms with E-state index in [1.165, 1.54) is 18.2 Å². The Kier molecular flexibility index (Phi) is 3.68. The van der Waals surface area contributed by atoms with Crippen LogP contribution in [0.1, 0.15) is 34.0 Å². The molecule has 2 aromatic heterocycles. The number of nitro groups is 1. The minimum atomic E-state index is -0.727. The number of hydrogen-bond donors (Lipinski definition) is 4. The molecule has 3 rings (SSSR count). The van der Waals surface area contributed by atoms with E-state index in [9.17, 15) is 19.7 Å². The van der Waals surface area contributed by atoms with Crippen molar-refractivity contribution in [3.05, 3.63) is 83.2 Å². The number of H-pyrrole nitrogens is 4. The first-order chi connectivity index (χ1) is 11.4. The molecule has 0 radical (unpaired) electrons. The molecule has 3 aromatic rings. The highest BCUT2D eigenvalue weighted by Crippen LogP contribution is 2.32. The van der Waals surface area contributed by atoms with Crippen molar-refractivity contribution in [3.8, 4) is 0 Å². The van der Waals surface area contributed by atoms with Gasteiger partial charge in [0.1, 0.15) is 0 Å². The van der Waals surface area contributed by atoms with Gasteiger partial charge in [-0.25, -0.2) is 0 Å². The van der Waals surface area contributed by atoms with Crippen LogP contribution in [0.15, 0.2) is 33.9 Å². The van der Waals surface area contributed by atoms with E-state index in [0.717, 1.165) is 0 Å². The number of nitrogens with one attached hydrogen (secondary N) is 4. The number of aromatic nitrogens is 4. The second kappa shape index (κ2) is 5.69. The van der Waals surface area contributed by atoms with Crippen LogP contribution < -0.4 is 11.1 Å². The van der Waals surface area contributed by atoms with Gasteiger partial charge in [0.15, 0.2) is 0 Å². The molecule has 0 fully saturated rings. The normalized spacial score (nSPS) is 11.1. The van der Waals surface area contributed by atoms with E-state index in [0.29, 0.717) is 28.1 Å². The third-order valence-electron chi connectivity index (χ3n) is 4.02. The fourth-order valence-electron chi connectivity index (χ4n) is 2.90. The number of aryl methyl sites for hydroxylation is 2. The van der Waals surface area contributed by atoms with Gasteiger partial charge in [-0.05, 0) is 19.4 Å². The van der Waals surface area contributed by atoms with Crippen molar-refractivity contribution < 1.29 is 4.92 Å². The number of aromatic amines is 4. The zero-order chi connectivity index (χ0) is 17.4. The zero-order valence-electron chi connectivity index (χ0n) is 13.0. The van der Waals surface area contributed by atoms with Crippen molar-refractivity contribution in [1.82, 2.24) is 20.4 Å². The number of nitro benzene ring substituents is 1. The zero-order valence-corrected chi connectivity index (χ0v) is 13.0. The SMILES string of the molecule is Cc1[nH][nH]c(=O)c1C(c1cccc([N+](=O)[O-])c1)c1c(C)[nH][nH]c1=O. The average Bonchev–Trinajstić information content (AvgIpc) is 3.05. The topological polar surface area (TPSA) is 140 Å². The molecule has 4 N–H and O–H groups in total. The summed E-state index contributed by atoms with van der Waals surface area (Å²) in [7, 11) is 0. The van der Waals surface area contributed by atoms with E-state index in [1.807, 2.05) is 0 Å². The van der Waals surface area contributed by atoms with E-state index < -0.39 is 10.8 Å². The Bertz CT molecular complexity index is 969. The fourth-order valence-corrected chi connectivity index (χ4v) is 2.90. The lowest BCUT2D eigenvalue weighted by Crippen LogP contribution is -2.20. The summed E-state index contributed by atoms with van der Waals surface area (Å²) in [6.07, 6.45) is 0. The molecule has 0 spiro atoms. The number of non-ortho nitro benzene ring substituents is 1. The fraction of sp³-hybridized carbons (Fsp3) is 0.200. The van der Waals surface area contributed by atoms with Gasteiger partial charge >= 0.3 is 0 Å². The van der Waals surface area contributed by atoms with Gasteiger partial charge < -0.3 is 10.2 Å². The maximum absolute atomic E-state index is 12.2. The summed E-state index contributed by atoms with van der Waals surface area (Å²) in [5.74, 6) is -0.727. The Hall–Kier alpha value is -3.36. The van der Waals surface area contributed by atoms with Gasteiger partial charge in [-0.3, -0.25) is 29.9 Å². The molecule has 0 saturated carbocycles. The standard InChI is InChI=1S/C15H15N5O4/c1-7-11(14(21)18-16-7)13(12-8(2)17-19-15(12)22)9-4-3-5-10(6-9)20(23)24/h3-6,13H,1-2H3,(H2,16,18,21)(H2,17,19,22). The minimum Gasteiger partial charge on any atom is -0.302 e. The number of hydrogen-bond acceptors (Lipinski definition) is 4. The van der Waals surface area contributed by atoms with Crippen molar-refractivity contribution in [3.63, 3.8) is 0 Å². The first-order valence-electron chi connectivity index (χ1n) is 7.18. The van der Waals surface area contributed by atoms with Gasteiger partial charge in [-0.15, -0.1) is 0 Å². The van der Waals surface area contributed by atoms with Crippen molar-refractivity contribution in [2.45, 2.75) is 19.8 Å². The molecular weight excluding hydrogens is 314 g/mol. The summed E-state index contributed by atoms with van der Waals surface area (Å²) in [6, 6.07) is 5.94. The molecule has 2 heterocycles. The number of rotatable bonds is 4. The lowest BCUT2D eigenvalue weighted by molar-refractivity contribution is -0.384. The largest absolute Gasteiger partial charge is 0.302 e. The number of benzene rings is 1. The predicted octanol–water partition coefficient (Wildman–Crippen LogP) is 1.42. The average molecular weight is 329 g/mol. The van der Waals surface area contributed by atoms with Gasteiger partial charge in [0.05, 0.1) is 16.1 Å².